The molecule has 172 valence electrons. The van der Waals surface area contributed by atoms with E-state index in [2.05, 4.69) is 0 Å². The highest BCUT2D eigenvalue weighted by Crippen LogP contribution is 2.31. The molecule has 0 aliphatic heterocycles. The van der Waals surface area contributed by atoms with Crippen LogP contribution in [0.2, 0.25) is 0 Å². The first kappa shape index (κ1) is 22.9. The Labute approximate surface area is 196 Å². The molecule has 7 heteroatoms. The fourth-order valence-corrected chi connectivity index (χ4v) is 4.13. The molecule has 4 aromatic rings. The molecule has 0 saturated carbocycles. The van der Waals surface area contributed by atoms with Gasteiger partial charge in [-0.3, -0.25) is 14.2 Å². The summed E-state index contributed by atoms with van der Waals surface area (Å²) in [5.41, 5.74) is 2.32. The van der Waals surface area contributed by atoms with Crippen LogP contribution >= 0.6 is 0 Å². The molecule has 2 aromatic heterocycles. The van der Waals surface area contributed by atoms with E-state index in [9.17, 15) is 20.0 Å². The van der Waals surface area contributed by atoms with Gasteiger partial charge in [0.05, 0.1) is 12.7 Å². The summed E-state index contributed by atoms with van der Waals surface area (Å²) in [7, 11) is 1.58. The highest BCUT2D eigenvalue weighted by Gasteiger charge is 2.28. The smallest absolute Gasteiger partial charge is 0.271 e. The quantitative estimate of drug-likeness (QED) is 0.426. The summed E-state index contributed by atoms with van der Waals surface area (Å²) in [6.45, 7) is 5.30. The van der Waals surface area contributed by atoms with Crippen molar-refractivity contribution in [1.82, 2.24) is 4.57 Å². The number of benzene rings is 2. The number of hydrogen-bond donors (Lipinski definition) is 1. The highest BCUT2D eigenvalue weighted by molar-refractivity contribution is 6.12. The molecule has 0 saturated heterocycles. The van der Waals surface area contributed by atoms with Gasteiger partial charge in [-0.15, -0.1) is 0 Å². The van der Waals surface area contributed by atoms with E-state index in [-0.39, 0.29) is 29.0 Å². The normalized spacial score (nSPS) is 10.9. The number of aromatic hydroxyl groups is 1. The standard InChI is InChI=1S/C27H24N2O5/c1-15-5-10-22-20(13-15)17(3)25(34-22)24(30)23-16(2)21(14-28)26(31)29(27(23)32)12-11-18-6-8-19(33-4)9-7-18/h5-10,13,32H,11-12H2,1-4H3. The molecule has 0 amide bonds. The third-order valence-electron chi connectivity index (χ3n) is 6.11. The fraction of sp³-hybridized carbons (Fsp3) is 0.222. The van der Waals surface area contributed by atoms with Crippen LogP contribution in [0.5, 0.6) is 11.6 Å². The Hall–Kier alpha value is -4.31. The highest BCUT2D eigenvalue weighted by atomic mass is 16.5. The van der Waals surface area contributed by atoms with Crippen molar-refractivity contribution < 1.29 is 19.1 Å². The molecule has 0 aliphatic carbocycles. The Morgan fingerprint density at radius 2 is 1.82 bits per heavy atom. The van der Waals surface area contributed by atoms with Crippen LogP contribution in [0.3, 0.4) is 0 Å². The number of carbonyl (C=O) groups is 1. The SMILES string of the molecule is COc1ccc(CCn2c(O)c(C(=O)c3oc4ccc(C)cc4c3C)c(C)c(C#N)c2=O)cc1. The maximum absolute atomic E-state index is 13.5. The van der Waals surface area contributed by atoms with Crippen molar-refractivity contribution >= 4 is 16.8 Å². The van der Waals surface area contributed by atoms with Crippen molar-refractivity contribution in [3.05, 3.63) is 92.0 Å². The maximum atomic E-state index is 13.5. The molecule has 2 heterocycles. The predicted octanol–water partition coefficient (Wildman–Crippen LogP) is 4.58. The van der Waals surface area contributed by atoms with Crippen LogP contribution in [0, 0.1) is 32.1 Å². The van der Waals surface area contributed by atoms with Crippen molar-refractivity contribution in [1.29, 1.82) is 5.26 Å². The van der Waals surface area contributed by atoms with Gasteiger partial charge in [0.25, 0.3) is 5.56 Å². The van der Waals surface area contributed by atoms with Gasteiger partial charge in [-0.1, -0.05) is 23.8 Å². The van der Waals surface area contributed by atoms with Gasteiger partial charge in [0, 0.05) is 17.5 Å². The Bertz CT molecular complexity index is 1520. The van der Waals surface area contributed by atoms with E-state index >= 15 is 0 Å². The van der Waals surface area contributed by atoms with Crippen molar-refractivity contribution in [2.75, 3.05) is 7.11 Å². The summed E-state index contributed by atoms with van der Waals surface area (Å²) in [6.07, 6.45) is 0.405. The number of pyridine rings is 1. The van der Waals surface area contributed by atoms with Crippen molar-refractivity contribution in [3.63, 3.8) is 0 Å². The van der Waals surface area contributed by atoms with Crippen molar-refractivity contribution in [2.45, 2.75) is 33.7 Å². The van der Waals surface area contributed by atoms with E-state index in [4.69, 9.17) is 9.15 Å². The minimum absolute atomic E-state index is 0.0724. The number of fused-ring (bicyclic) bond motifs is 1. The average molecular weight is 456 g/mol. The maximum Gasteiger partial charge on any atom is 0.271 e. The number of methoxy groups -OCH3 is 1. The summed E-state index contributed by atoms with van der Waals surface area (Å²) < 4.78 is 12.1. The van der Waals surface area contributed by atoms with Crippen LogP contribution in [0.4, 0.5) is 0 Å². The zero-order valence-corrected chi connectivity index (χ0v) is 19.4. The summed E-state index contributed by atoms with van der Waals surface area (Å²) in [6, 6.07) is 14.8. The van der Waals surface area contributed by atoms with Gasteiger partial charge in [0.1, 0.15) is 23.0 Å². The first-order valence-electron chi connectivity index (χ1n) is 10.8. The van der Waals surface area contributed by atoms with Crippen LogP contribution in [-0.2, 0) is 13.0 Å². The summed E-state index contributed by atoms with van der Waals surface area (Å²) in [5.74, 6) is -0.273. The molecule has 0 atom stereocenters. The summed E-state index contributed by atoms with van der Waals surface area (Å²) in [5, 5.41) is 21.5. The van der Waals surface area contributed by atoms with Crippen LogP contribution in [-0.4, -0.2) is 22.6 Å². The Kier molecular flexibility index (Phi) is 5.99. The van der Waals surface area contributed by atoms with Crippen LogP contribution < -0.4 is 10.3 Å². The van der Waals surface area contributed by atoms with Crippen molar-refractivity contribution in [2.24, 2.45) is 0 Å². The number of nitriles is 1. The zero-order chi connectivity index (χ0) is 24.6. The van der Waals surface area contributed by atoms with Gasteiger partial charge in [-0.05, 0) is 62.6 Å². The molecular formula is C27H24N2O5. The third-order valence-corrected chi connectivity index (χ3v) is 6.11. The fourth-order valence-electron chi connectivity index (χ4n) is 4.13. The Morgan fingerprint density at radius 3 is 2.47 bits per heavy atom. The number of ether oxygens (including phenoxy) is 1. The zero-order valence-electron chi connectivity index (χ0n) is 19.4. The van der Waals surface area contributed by atoms with Gasteiger partial charge in [-0.2, -0.15) is 5.26 Å². The molecule has 4 rings (SSSR count). The minimum Gasteiger partial charge on any atom is -0.497 e. The number of ketones is 1. The first-order valence-corrected chi connectivity index (χ1v) is 10.8. The summed E-state index contributed by atoms with van der Waals surface area (Å²) in [4.78, 5) is 26.5. The molecule has 0 radical (unpaired) electrons. The monoisotopic (exact) mass is 456 g/mol. The third kappa shape index (κ3) is 3.84. The number of rotatable bonds is 6. The molecule has 34 heavy (non-hydrogen) atoms. The number of furan rings is 1. The Balaban J connectivity index is 1.80. The molecule has 7 nitrogen and oxygen atoms in total. The predicted molar refractivity (Wildman–Crippen MR) is 128 cm³/mol. The molecule has 2 aromatic carbocycles. The van der Waals surface area contributed by atoms with Crippen LogP contribution in [0.1, 0.15) is 43.9 Å². The second-order valence-corrected chi connectivity index (χ2v) is 8.25. The minimum atomic E-state index is -0.639. The van der Waals surface area contributed by atoms with Gasteiger partial charge >= 0.3 is 0 Å². The van der Waals surface area contributed by atoms with Gasteiger partial charge < -0.3 is 14.3 Å². The van der Waals surface area contributed by atoms with E-state index in [0.29, 0.717) is 23.3 Å². The van der Waals surface area contributed by atoms with Crippen LogP contribution in [0.15, 0.2) is 51.7 Å². The number of aromatic nitrogens is 1. The van der Waals surface area contributed by atoms with E-state index < -0.39 is 17.2 Å². The molecule has 0 spiro atoms. The van der Waals surface area contributed by atoms with Gasteiger partial charge in [0.15, 0.2) is 5.76 Å². The molecule has 0 fully saturated rings. The molecule has 1 N–H and O–H groups in total. The molecule has 0 aliphatic rings. The Morgan fingerprint density at radius 1 is 1.12 bits per heavy atom. The second-order valence-electron chi connectivity index (χ2n) is 8.25. The largest absolute Gasteiger partial charge is 0.497 e. The number of aryl methyl sites for hydroxylation is 3. The van der Waals surface area contributed by atoms with E-state index in [1.165, 1.54) is 6.92 Å². The summed E-state index contributed by atoms with van der Waals surface area (Å²) >= 11 is 0. The molecule has 0 unspecified atom stereocenters. The van der Waals surface area contributed by atoms with E-state index in [1.54, 1.807) is 32.2 Å². The van der Waals surface area contributed by atoms with Crippen molar-refractivity contribution in [3.8, 4) is 17.7 Å². The van der Waals surface area contributed by atoms with Crippen LogP contribution in [0.25, 0.3) is 11.0 Å². The second kappa shape index (κ2) is 8.91. The number of hydrogen-bond acceptors (Lipinski definition) is 6. The molecular weight excluding hydrogens is 432 g/mol. The lowest BCUT2D eigenvalue weighted by Crippen LogP contribution is -2.27. The van der Waals surface area contributed by atoms with E-state index in [1.807, 2.05) is 37.3 Å². The number of carbonyl (C=O) groups excluding carboxylic acids is 1. The molecule has 0 bridgehead atoms. The lowest BCUT2D eigenvalue weighted by atomic mass is 9.98. The topological polar surface area (TPSA) is 105 Å². The number of nitrogens with zero attached hydrogens (tertiary/aromatic N) is 2. The average Bonchev–Trinajstić information content (AvgIpc) is 3.15. The lowest BCUT2D eigenvalue weighted by Gasteiger charge is -2.15. The lowest BCUT2D eigenvalue weighted by molar-refractivity contribution is 0.101. The first-order chi connectivity index (χ1) is 16.3. The van der Waals surface area contributed by atoms with Gasteiger partial charge in [-0.25, -0.2) is 0 Å². The van der Waals surface area contributed by atoms with E-state index in [0.717, 1.165) is 21.1 Å². The van der Waals surface area contributed by atoms with Gasteiger partial charge in [0.2, 0.25) is 11.7 Å².